The molecule has 0 aliphatic rings. The van der Waals surface area contributed by atoms with Gasteiger partial charge in [0.1, 0.15) is 0 Å². The highest BCUT2D eigenvalue weighted by Crippen LogP contribution is 2.52. The summed E-state index contributed by atoms with van der Waals surface area (Å²) in [6.07, 6.45) is 29.1. The van der Waals surface area contributed by atoms with Crippen molar-refractivity contribution in [3.8, 4) is 0 Å². The van der Waals surface area contributed by atoms with Gasteiger partial charge in [-0.25, -0.2) is 0 Å². The fourth-order valence-corrected chi connectivity index (χ4v) is 8.15. The van der Waals surface area contributed by atoms with Crippen molar-refractivity contribution in [1.29, 1.82) is 0 Å². The average Bonchev–Trinajstić information content (AvgIpc) is 2.96. The van der Waals surface area contributed by atoms with Crippen molar-refractivity contribution in [3.05, 3.63) is 0 Å². The minimum atomic E-state index is 0.441. The molecule has 0 aliphatic carbocycles. The molecule has 0 amide bonds. The first kappa shape index (κ1) is 43.0. The van der Waals surface area contributed by atoms with E-state index >= 15 is 0 Å². The van der Waals surface area contributed by atoms with Gasteiger partial charge >= 0.3 is 0 Å². The first-order valence-corrected chi connectivity index (χ1v) is 19.9. The van der Waals surface area contributed by atoms with Crippen molar-refractivity contribution in [2.45, 2.75) is 218 Å². The van der Waals surface area contributed by atoms with Gasteiger partial charge in [0.15, 0.2) is 0 Å². The molecule has 43 heavy (non-hydrogen) atoms. The third-order valence-corrected chi connectivity index (χ3v) is 12.9. The summed E-state index contributed by atoms with van der Waals surface area (Å²) in [6, 6.07) is 0. The van der Waals surface area contributed by atoms with E-state index < -0.39 is 0 Å². The quantitative estimate of drug-likeness (QED) is 0.0843. The lowest BCUT2D eigenvalue weighted by molar-refractivity contribution is 0.0231. The van der Waals surface area contributed by atoms with Crippen molar-refractivity contribution in [2.24, 2.45) is 51.6 Å². The number of rotatable bonds is 29. The topological polar surface area (TPSA) is 26.0 Å². The van der Waals surface area contributed by atoms with E-state index in [1.807, 2.05) is 0 Å². The van der Waals surface area contributed by atoms with Crippen molar-refractivity contribution in [1.82, 2.24) is 0 Å². The summed E-state index contributed by atoms with van der Waals surface area (Å²) in [4.78, 5) is 0. The maximum atomic E-state index is 5.98. The number of hydrogen-bond acceptors (Lipinski definition) is 1. The average molecular weight is 606 g/mol. The third-order valence-electron chi connectivity index (χ3n) is 12.9. The van der Waals surface area contributed by atoms with E-state index in [-0.39, 0.29) is 0 Å². The van der Waals surface area contributed by atoms with Crippen LogP contribution in [0, 0.1) is 45.8 Å². The molecule has 0 aromatic carbocycles. The Morgan fingerprint density at radius 1 is 0.512 bits per heavy atom. The lowest BCUT2D eigenvalue weighted by atomic mass is 9.57. The van der Waals surface area contributed by atoms with E-state index in [4.69, 9.17) is 5.73 Å². The SMILES string of the molecule is CCCC(C)CCCC(C)(C)CCC(CC)CCCCCC(C)(CCC(C)CC)C(C)(CC)CCC[C@H](CCN)C(C)C. The zero-order valence-corrected chi connectivity index (χ0v) is 32.5. The van der Waals surface area contributed by atoms with Gasteiger partial charge in [0.25, 0.3) is 0 Å². The van der Waals surface area contributed by atoms with Gasteiger partial charge in [-0.1, -0.05) is 173 Å². The highest BCUT2D eigenvalue weighted by atomic mass is 14.5. The van der Waals surface area contributed by atoms with Crippen LogP contribution in [0.5, 0.6) is 0 Å². The standard InChI is InChI=1S/C42H87N/c1-13-22-37(8)23-20-29-40(9,10)32-27-38(15-3)24-18-17-19-30-42(12,33-26-36(7)14-2)41(11,16-4)31-21-25-39(28-34-43)35(5)6/h35-39H,13-34,43H2,1-12H3/t36?,37?,38?,39-,41?,42?/m1/s1. The van der Waals surface area contributed by atoms with Crippen LogP contribution in [0.2, 0.25) is 0 Å². The summed E-state index contributed by atoms with van der Waals surface area (Å²) in [5, 5.41) is 0. The van der Waals surface area contributed by atoms with E-state index in [9.17, 15) is 0 Å². The molecule has 0 saturated carbocycles. The lowest BCUT2D eigenvalue weighted by Gasteiger charge is -2.48. The maximum absolute atomic E-state index is 5.98. The Balaban J connectivity index is 4.98. The molecule has 0 radical (unpaired) electrons. The zero-order valence-electron chi connectivity index (χ0n) is 32.5. The molecule has 2 N–H and O–H groups in total. The number of unbranched alkanes of at least 4 members (excludes halogenated alkanes) is 2. The molecule has 0 aliphatic heterocycles. The molecule has 260 valence electrons. The summed E-state index contributed by atoms with van der Waals surface area (Å²) < 4.78 is 0. The van der Waals surface area contributed by atoms with Gasteiger partial charge in [-0.05, 0) is 97.3 Å². The van der Waals surface area contributed by atoms with Crippen LogP contribution in [0.4, 0.5) is 0 Å². The van der Waals surface area contributed by atoms with Gasteiger partial charge in [0.2, 0.25) is 0 Å². The summed E-state index contributed by atoms with van der Waals surface area (Å²) in [7, 11) is 0. The van der Waals surface area contributed by atoms with Crippen LogP contribution in [0.3, 0.4) is 0 Å². The molecule has 0 fully saturated rings. The van der Waals surface area contributed by atoms with E-state index in [2.05, 4.69) is 83.1 Å². The fraction of sp³-hybridized carbons (Fsp3) is 1.00. The number of nitrogens with two attached hydrogens (primary N) is 1. The van der Waals surface area contributed by atoms with E-state index in [0.717, 1.165) is 36.1 Å². The molecule has 0 aromatic rings. The van der Waals surface area contributed by atoms with Gasteiger partial charge in [-0.15, -0.1) is 0 Å². The van der Waals surface area contributed by atoms with Gasteiger partial charge < -0.3 is 5.73 Å². The minimum Gasteiger partial charge on any atom is -0.330 e. The highest BCUT2D eigenvalue weighted by Gasteiger charge is 2.42. The summed E-state index contributed by atoms with van der Waals surface area (Å²) in [5.41, 5.74) is 7.39. The van der Waals surface area contributed by atoms with Gasteiger partial charge in [0, 0.05) is 0 Å². The summed E-state index contributed by atoms with van der Waals surface area (Å²) in [5.74, 6) is 4.24. The molecule has 0 bridgehead atoms. The van der Waals surface area contributed by atoms with Crippen LogP contribution in [-0.4, -0.2) is 6.54 Å². The van der Waals surface area contributed by atoms with Crippen LogP contribution < -0.4 is 5.73 Å². The Morgan fingerprint density at radius 3 is 1.72 bits per heavy atom. The van der Waals surface area contributed by atoms with Crippen molar-refractivity contribution < 1.29 is 0 Å². The monoisotopic (exact) mass is 606 g/mol. The predicted octanol–water partition coefficient (Wildman–Crippen LogP) is 14.4. The lowest BCUT2D eigenvalue weighted by Crippen LogP contribution is -2.38. The molecule has 1 nitrogen and oxygen atoms in total. The largest absolute Gasteiger partial charge is 0.330 e. The molecule has 0 aromatic heterocycles. The molecular weight excluding hydrogens is 518 g/mol. The van der Waals surface area contributed by atoms with Crippen LogP contribution in [0.15, 0.2) is 0 Å². The molecular formula is C42H87N. The molecule has 1 heteroatoms. The molecule has 0 saturated heterocycles. The minimum absolute atomic E-state index is 0.441. The molecule has 5 unspecified atom stereocenters. The van der Waals surface area contributed by atoms with Crippen LogP contribution in [0.1, 0.15) is 218 Å². The second kappa shape index (κ2) is 23.3. The Bertz CT molecular complexity index is 637. The highest BCUT2D eigenvalue weighted by molar-refractivity contribution is 4.92. The first-order chi connectivity index (χ1) is 20.2. The third kappa shape index (κ3) is 18.0. The Kier molecular flexibility index (Phi) is 23.3. The van der Waals surface area contributed by atoms with Gasteiger partial charge in [-0.2, -0.15) is 0 Å². The van der Waals surface area contributed by atoms with E-state index in [1.165, 1.54) is 135 Å². The van der Waals surface area contributed by atoms with E-state index in [0.29, 0.717) is 16.2 Å². The second-order valence-corrected chi connectivity index (χ2v) is 17.4. The predicted molar refractivity (Wildman–Crippen MR) is 199 cm³/mol. The van der Waals surface area contributed by atoms with Crippen molar-refractivity contribution in [2.75, 3.05) is 6.54 Å². The Hall–Kier alpha value is -0.0400. The molecule has 0 heterocycles. The molecule has 0 spiro atoms. The molecule has 0 rings (SSSR count). The van der Waals surface area contributed by atoms with Crippen LogP contribution >= 0.6 is 0 Å². The summed E-state index contributed by atoms with van der Waals surface area (Å²) in [6.45, 7) is 30.6. The molecule has 6 atom stereocenters. The van der Waals surface area contributed by atoms with Gasteiger partial charge in [0.05, 0.1) is 0 Å². The van der Waals surface area contributed by atoms with Crippen molar-refractivity contribution >= 4 is 0 Å². The van der Waals surface area contributed by atoms with Crippen LogP contribution in [-0.2, 0) is 0 Å². The first-order valence-electron chi connectivity index (χ1n) is 19.9. The number of hydrogen-bond donors (Lipinski definition) is 1. The normalized spacial score (nSPS) is 18.3. The smallest absolute Gasteiger partial charge is 0.00745 e. The van der Waals surface area contributed by atoms with Gasteiger partial charge in [-0.3, -0.25) is 0 Å². The van der Waals surface area contributed by atoms with Crippen LogP contribution in [0.25, 0.3) is 0 Å². The van der Waals surface area contributed by atoms with Crippen molar-refractivity contribution in [3.63, 3.8) is 0 Å². The Labute approximate surface area is 275 Å². The summed E-state index contributed by atoms with van der Waals surface area (Å²) >= 11 is 0. The second-order valence-electron chi connectivity index (χ2n) is 17.4. The zero-order chi connectivity index (χ0) is 32.9. The maximum Gasteiger partial charge on any atom is -0.00745 e. The fourth-order valence-electron chi connectivity index (χ4n) is 8.15. The van der Waals surface area contributed by atoms with E-state index in [1.54, 1.807) is 0 Å². The Morgan fingerprint density at radius 2 is 1.16 bits per heavy atom.